The number of halogens is 1. The molecule has 1 atom stereocenters. The monoisotopic (exact) mass is 316 g/mol. The van der Waals surface area contributed by atoms with E-state index >= 15 is 0 Å². The van der Waals surface area contributed by atoms with Gasteiger partial charge in [0.25, 0.3) is 5.91 Å². The van der Waals surface area contributed by atoms with Crippen molar-refractivity contribution in [3.8, 4) is 5.75 Å². The van der Waals surface area contributed by atoms with E-state index in [-0.39, 0.29) is 23.3 Å². The predicted molar refractivity (Wildman–Crippen MR) is 86.9 cm³/mol. The van der Waals surface area contributed by atoms with Gasteiger partial charge in [-0.15, -0.1) is 0 Å². The van der Waals surface area contributed by atoms with Crippen LogP contribution in [0.2, 0.25) is 0 Å². The first-order valence-corrected chi connectivity index (χ1v) is 7.72. The molecule has 1 aromatic carbocycles. The Kier molecular flexibility index (Phi) is 5.68. The number of amides is 1. The summed E-state index contributed by atoms with van der Waals surface area (Å²) in [7, 11) is 0. The van der Waals surface area contributed by atoms with Gasteiger partial charge in [0.1, 0.15) is 0 Å². The summed E-state index contributed by atoms with van der Waals surface area (Å²) in [4.78, 5) is 18.7. The van der Waals surface area contributed by atoms with E-state index in [4.69, 9.17) is 4.74 Å². The van der Waals surface area contributed by atoms with E-state index in [0.717, 1.165) is 5.56 Å². The van der Waals surface area contributed by atoms with Crippen molar-refractivity contribution in [3.63, 3.8) is 0 Å². The molecule has 23 heavy (non-hydrogen) atoms. The largest absolute Gasteiger partial charge is 0.490 e. The number of hydrogen-bond donors (Lipinski definition) is 0. The number of ether oxygens (including phenoxy) is 1. The lowest BCUT2D eigenvalue weighted by atomic mass is 10.1. The highest BCUT2D eigenvalue weighted by molar-refractivity contribution is 5.97. The normalized spacial score (nSPS) is 11.8. The maximum Gasteiger partial charge on any atom is 0.258 e. The van der Waals surface area contributed by atoms with Crippen molar-refractivity contribution in [3.05, 3.63) is 59.7 Å². The van der Waals surface area contributed by atoms with E-state index in [9.17, 15) is 9.18 Å². The molecule has 0 N–H and O–H groups in total. The van der Waals surface area contributed by atoms with Crippen LogP contribution in [0.25, 0.3) is 0 Å². The van der Waals surface area contributed by atoms with Gasteiger partial charge in [0.2, 0.25) is 0 Å². The van der Waals surface area contributed by atoms with Gasteiger partial charge < -0.3 is 9.64 Å². The highest BCUT2D eigenvalue weighted by Crippen LogP contribution is 2.28. The zero-order valence-electron chi connectivity index (χ0n) is 13.6. The van der Waals surface area contributed by atoms with Crippen molar-refractivity contribution < 1.29 is 13.9 Å². The number of rotatable bonds is 6. The number of carbonyl (C=O) groups is 1. The first-order chi connectivity index (χ1) is 11.1. The third kappa shape index (κ3) is 3.67. The molecule has 0 aliphatic heterocycles. The molecule has 122 valence electrons. The third-order valence-electron chi connectivity index (χ3n) is 3.72. The SMILES string of the molecule is CCOc1c(F)cccc1C(=O)N(CC)[C@H](C)c1cccnc1. The van der Waals surface area contributed by atoms with Crippen LogP contribution in [0.1, 0.15) is 42.7 Å². The number of hydrogen-bond acceptors (Lipinski definition) is 3. The Morgan fingerprint density at radius 2 is 2.09 bits per heavy atom. The lowest BCUT2D eigenvalue weighted by Gasteiger charge is -2.29. The van der Waals surface area contributed by atoms with Crippen molar-refractivity contribution in [2.45, 2.75) is 26.8 Å². The number of pyridine rings is 1. The quantitative estimate of drug-likeness (QED) is 0.813. The molecular formula is C18H21FN2O2. The molecule has 1 heterocycles. The van der Waals surface area contributed by atoms with E-state index in [0.29, 0.717) is 13.2 Å². The molecule has 1 amide bonds. The van der Waals surface area contributed by atoms with Crippen molar-refractivity contribution in [2.75, 3.05) is 13.2 Å². The van der Waals surface area contributed by atoms with Gasteiger partial charge in [-0.1, -0.05) is 12.1 Å². The van der Waals surface area contributed by atoms with Crippen LogP contribution in [0, 0.1) is 5.82 Å². The maximum atomic E-state index is 14.0. The van der Waals surface area contributed by atoms with E-state index < -0.39 is 5.82 Å². The summed E-state index contributed by atoms with van der Waals surface area (Å²) < 4.78 is 19.3. The van der Waals surface area contributed by atoms with Crippen molar-refractivity contribution in [1.29, 1.82) is 0 Å². The Morgan fingerprint density at radius 3 is 2.70 bits per heavy atom. The van der Waals surface area contributed by atoms with Crippen LogP contribution in [-0.2, 0) is 0 Å². The molecular weight excluding hydrogens is 295 g/mol. The molecule has 0 unspecified atom stereocenters. The Hall–Kier alpha value is -2.43. The summed E-state index contributed by atoms with van der Waals surface area (Å²) in [5.41, 5.74) is 1.17. The summed E-state index contributed by atoms with van der Waals surface area (Å²) in [6.07, 6.45) is 3.42. The number of carbonyl (C=O) groups excluding carboxylic acids is 1. The van der Waals surface area contributed by atoms with Crippen LogP contribution in [-0.4, -0.2) is 28.9 Å². The topological polar surface area (TPSA) is 42.4 Å². The van der Waals surface area contributed by atoms with Crippen LogP contribution in [0.4, 0.5) is 4.39 Å². The Morgan fingerprint density at radius 1 is 1.30 bits per heavy atom. The lowest BCUT2D eigenvalue weighted by molar-refractivity contribution is 0.0697. The predicted octanol–water partition coefficient (Wildman–Crippen LogP) is 3.84. The molecule has 0 aliphatic rings. The van der Waals surface area contributed by atoms with Crippen molar-refractivity contribution in [2.24, 2.45) is 0 Å². The first kappa shape index (κ1) is 16.9. The minimum absolute atomic E-state index is 0.0110. The van der Waals surface area contributed by atoms with Gasteiger partial charge in [-0.2, -0.15) is 0 Å². The molecule has 1 aromatic heterocycles. The molecule has 2 aromatic rings. The van der Waals surface area contributed by atoms with E-state index in [2.05, 4.69) is 4.98 Å². The second-order valence-corrected chi connectivity index (χ2v) is 5.10. The molecule has 0 aliphatic carbocycles. The van der Waals surface area contributed by atoms with Gasteiger partial charge in [0.05, 0.1) is 18.2 Å². The zero-order valence-corrected chi connectivity index (χ0v) is 13.6. The molecule has 4 nitrogen and oxygen atoms in total. The molecule has 0 spiro atoms. The third-order valence-corrected chi connectivity index (χ3v) is 3.72. The molecule has 0 saturated carbocycles. The number of benzene rings is 1. The lowest BCUT2D eigenvalue weighted by Crippen LogP contribution is -2.34. The fourth-order valence-corrected chi connectivity index (χ4v) is 2.52. The summed E-state index contributed by atoms with van der Waals surface area (Å²) in [6, 6.07) is 7.99. The number of para-hydroxylation sites is 1. The van der Waals surface area contributed by atoms with Crippen molar-refractivity contribution >= 4 is 5.91 Å². The number of aromatic nitrogens is 1. The second-order valence-electron chi connectivity index (χ2n) is 5.10. The molecule has 0 fully saturated rings. The Balaban J connectivity index is 2.36. The summed E-state index contributed by atoms with van der Waals surface area (Å²) in [5, 5.41) is 0. The smallest absolute Gasteiger partial charge is 0.258 e. The average molecular weight is 316 g/mol. The van der Waals surface area contributed by atoms with Gasteiger partial charge in [-0.05, 0) is 44.5 Å². The van der Waals surface area contributed by atoms with E-state index in [1.165, 1.54) is 12.1 Å². The second kappa shape index (κ2) is 7.72. The zero-order chi connectivity index (χ0) is 16.8. The molecule has 2 rings (SSSR count). The van der Waals surface area contributed by atoms with Gasteiger partial charge in [0, 0.05) is 18.9 Å². The van der Waals surface area contributed by atoms with Gasteiger partial charge in [0.15, 0.2) is 11.6 Å². The summed E-state index contributed by atoms with van der Waals surface area (Å²) in [6.45, 7) is 6.38. The van der Waals surface area contributed by atoms with Gasteiger partial charge >= 0.3 is 0 Å². The van der Waals surface area contributed by atoms with Crippen LogP contribution < -0.4 is 4.74 Å². The average Bonchev–Trinajstić information content (AvgIpc) is 2.58. The van der Waals surface area contributed by atoms with E-state index in [1.807, 2.05) is 26.0 Å². The van der Waals surface area contributed by atoms with E-state index in [1.54, 1.807) is 30.3 Å². The first-order valence-electron chi connectivity index (χ1n) is 7.72. The van der Waals surface area contributed by atoms with Crippen LogP contribution in [0.15, 0.2) is 42.7 Å². The maximum absolute atomic E-state index is 14.0. The van der Waals surface area contributed by atoms with Crippen LogP contribution >= 0.6 is 0 Å². The molecule has 0 saturated heterocycles. The number of nitrogens with zero attached hydrogens (tertiary/aromatic N) is 2. The molecule has 5 heteroatoms. The van der Waals surface area contributed by atoms with Crippen molar-refractivity contribution in [1.82, 2.24) is 9.88 Å². The summed E-state index contributed by atoms with van der Waals surface area (Å²) in [5.74, 6) is -0.772. The summed E-state index contributed by atoms with van der Waals surface area (Å²) >= 11 is 0. The fraction of sp³-hybridized carbons (Fsp3) is 0.333. The van der Waals surface area contributed by atoms with Gasteiger partial charge in [-0.3, -0.25) is 9.78 Å². The minimum Gasteiger partial charge on any atom is -0.490 e. The van der Waals surface area contributed by atoms with Crippen LogP contribution in [0.5, 0.6) is 5.75 Å². The molecule has 0 bridgehead atoms. The molecule has 0 radical (unpaired) electrons. The fourth-order valence-electron chi connectivity index (χ4n) is 2.52. The van der Waals surface area contributed by atoms with Crippen LogP contribution in [0.3, 0.4) is 0 Å². The standard InChI is InChI=1S/C18H21FN2O2/c1-4-21(13(3)14-8-7-11-20-12-14)18(22)15-9-6-10-16(19)17(15)23-5-2/h6-13H,4-5H2,1-3H3/t13-/m1/s1. The highest BCUT2D eigenvalue weighted by atomic mass is 19.1. The highest BCUT2D eigenvalue weighted by Gasteiger charge is 2.25. The van der Waals surface area contributed by atoms with Gasteiger partial charge in [-0.25, -0.2) is 4.39 Å². The minimum atomic E-state index is -0.525. The Bertz CT molecular complexity index is 661. The Labute approximate surface area is 135 Å².